The summed E-state index contributed by atoms with van der Waals surface area (Å²) in [5.74, 6) is 0. The van der Waals surface area contributed by atoms with E-state index in [1.54, 1.807) is 0 Å². The van der Waals surface area contributed by atoms with Crippen LogP contribution in [0.4, 0.5) is 0 Å². The van der Waals surface area contributed by atoms with E-state index in [2.05, 4.69) is 173 Å². The van der Waals surface area contributed by atoms with Crippen molar-refractivity contribution in [3.8, 4) is 33.6 Å². The Bertz CT molecular complexity index is 3130. The van der Waals surface area contributed by atoms with Crippen molar-refractivity contribution in [2.45, 2.75) is 0 Å². The normalized spacial score (nSPS) is 11.9. The number of nitrogens with zero attached hydrogens (tertiary/aromatic N) is 3. The zero-order chi connectivity index (χ0) is 33.5. The van der Waals surface area contributed by atoms with E-state index < -0.39 is 0 Å². The van der Waals surface area contributed by atoms with Crippen LogP contribution in [0.1, 0.15) is 0 Å². The molecular formula is C47H29N3S. The first-order chi connectivity index (χ1) is 25.3. The van der Waals surface area contributed by atoms with Gasteiger partial charge in [-0.2, -0.15) is 0 Å². The van der Waals surface area contributed by atoms with Crippen molar-refractivity contribution >= 4 is 75.3 Å². The monoisotopic (exact) mass is 667 g/mol. The zero-order valence-corrected chi connectivity index (χ0v) is 28.3. The summed E-state index contributed by atoms with van der Waals surface area (Å²) < 4.78 is 7.27. The van der Waals surface area contributed by atoms with Crippen LogP contribution >= 0.6 is 11.3 Å². The van der Waals surface area contributed by atoms with Gasteiger partial charge in [-0.3, -0.25) is 4.57 Å². The molecule has 0 fully saturated rings. The average Bonchev–Trinajstić information content (AvgIpc) is 3.85. The maximum Gasteiger partial charge on any atom is 0.145 e. The number of fused-ring (bicyclic) bond motifs is 9. The van der Waals surface area contributed by atoms with E-state index in [1.807, 2.05) is 23.6 Å². The largest absolute Gasteiger partial charge is 0.309 e. The van der Waals surface area contributed by atoms with E-state index in [0.717, 1.165) is 22.2 Å². The first kappa shape index (κ1) is 28.4. The van der Waals surface area contributed by atoms with Gasteiger partial charge in [-0.1, -0.05) is 97.1 Å². The van der Waals surface area contributed by atoms with Gasteiger partial charge in [0.1, 0.15) is 5.65 Å². The second-order valence-electron chi connectivity index (χ2n) is 13.2. The molecular weight excluding hydrogens is 639 g/mol. The van der Waals surface area contributed by atoms with Crippen molar-refractivity contribution < 1.29 is 0 Å². The molecule has 0 amide bonds. The maximum absolute atomic E-state index is 4.80. The zero-order valence-electron chi connectivity index (χ0n) is 27.5. The smallest absolute Gasteiger partial charge is 0.145 e. The summed E-state index contributed by atoms with van der Waals surface area (Å²) in [6.07, 6.45) is 1.88. The first-order valence-electron chi connectivity index (χ1n) is 17.3. The SMILES string of the molecule is c1ccc(-c2ccc3c(c2)c2ccccc2n3-c2ccc3c(c2)sc2cc(-c4ccc5c(c4)c4cccnc4n5-c4ccccc4)ccc23)cc1. The number of hydrogen-bond acceptors (Lipinski definition) is 2. The van der Waals surface area contributed by atoms with Gasteiger partial charge in [-0.05, 0) is 95.1 Å². The van der Waals surface area contributed by atoms with Gasteiger partial charge in [0.25, 0.3) is 0 Å². The molecule has 0 aliphatic rings. The van der Waals surface area contributed by atoms with E-state index in [4.69, 9.17) is 4.98 Å². The average molecular weight is 668 g/mol. The Morgan fingerprint density at radius 2 is 0.941 bits per heavy atom. The van der Waals surface area contributed by atoms with Crippen LogP contribution in [0, 0.1) is 0 Å². The third-order valence-corrected chi connectivity index (χ3v) is 11.5. The molecule has 0 spiro atoms. The van der Waals surface area contributed by atoms with Crippen LogP contribution in [0.25, 0.3) is 97.5 Å². The van der Waals surface area contributed by atoms with Crippen LogP contribution in [0.2, 0.25) is 0 Å². The highest BCUT2D eigenvalue weighted by Gasteiger charge is 2.17. The Morgan fingerprint density at radius 1 is 0.353 bits per heavy atom. The molecule has 4 heterocycles. The van der Waals surface area contributed by atoms with Gasteiger partial charge in [-0.15, -0.1) is 11.3 Å². The lowest BCUT2D eigenvalue weighted by atomic mass is 10.0. The molecule has 0 aliphatic carbocycles. The van der Waals surface area contributed by atoms with Gasteiger partial charge in [-0.25, -0.2) is 4.98 Å². The maximum atomic E-state index is 4.80. The minimum absolute atomic E-state index is 0.978. The lowest BCUT2D eigenvalue weighted by Gasteiger charge is -2.09. The molecule has 4 aromatic heterocycles. The number of rotatable bonds is 4. The molecule has 0 aliphatic heterocycles. The molecule has 0 saturated heterocycles. The topological polar surface area (TPSA) is 22.8 Å². The summed E-state index contributed by atoms with van der Waals surface area (Å²) in [4.78, 5) is 4.80. The lowest BCUT2D eigenvalue weighted by Crippen LogP contribution is -1.94. The molecule has 0 N–H and O–H groups in total. The van der Waals surface area contributed by atoms with Crippen LogP contribution in [0.15, 0.2) is 176 Å². The molecule has 4 heteroatoms. The Balaban J connectivity index is 1.03. The van der Waals surface area contributed by atoms with Gasteiger partial charge in [0, 0.05) is 59.3 Å². The second kappa shape index (κ2) is 11.0. The molecule has 51 heavy (non-hydrogen) atoms. The number of pyridine rings is 1. The summed E-state index contributed by atoms with van der Waals surface area (Å²) in [5.41, 5.74) is 11.8. The molecule has 7 aromatic carbocycles. The van der Waals surface area contributed by atoms with E-state index in [0.29, 0.717) is 0 Å². The fourth-order valence-corrected chi connectivity index (χ4v) is 9.19. The summed E-state index contributed by atoms with van der Waals surface area (Å²) in [7, 11) is 0. The van der Waals surface area contributed by atoms with Crippen molar-refractivity contribution in [2.24, 2.45) is 0 Å². The van der Waals surface area contributed by atoms with Gasteiger partial charge in [0.05, 0.1) is 16.6 Å². The number of para-hydroxylation sites is 2. The van der Waals surface area contributed by atoms with Crippen molar-refractivity contribution in [1.82, 2.24) is 14.1 Å². The van der Waals surface area contributed by atoms with E-state index in [9.17, 15) is 0 Å². The van der Waals surface area contributed by atoms with Crippen LogP contribution in [0.3, 0.4) is 0 Å². The van der Waals surface area contributed by atoms with E-state index >= 15 is 0 Å². The van der Waals surface area contributed by atoms with Gasteiger partial charge >= 0.3 is 0 Å². The molecule has 0 atom stereocenters. The molecule has 238 valence electrons. The predicted molar refractivity (Wildman–Crippen MR) is 217 cm³/mol. The van der Waals surface area contributed by atoms with Crippen molar-refractivity contribution in [3.05, 3.63) is 176 Å². The van der Waals surface area contributed by atoms with E-state index in [-0.39, 0.29) is 0 Å². The lowest BCUT2D eigenvalue weighted by molar-refractivity contribution is 1.14. The number of benzene rings is 7. The fraction of sp³-hybridized carbons (Fsp3) is 0. The fourth-order valence-electron chi connectivity index (χ4n) is 8.01. The highest BCUT2D eigenvalue weighted by Crippen LogP contribution is 2.41. The Hall–Kier alpha value is -6.49. The van der Waals surface area contributed by atoms with Gasteiger partial charge < -0.3 is 4.57 Å². The quantitative estimate of drug-likeness (QED) is 0.183. The van der Waals surface area contributed by atoms with Crippen LogP contribution in [0.5, 0.6) is 0 Å². The number of thiophene rings is 1. The Labute approximate surface area is 297 Å². The van der Waals surface area contributed by atoms with Gasteiger partial charge in [0.15, 0.2) is 0 Å². The Morgan fingerprint density at radius 3 is 1.76 bits per heavy atom. The molecule has 0 saturated carbocycles. The first-order valence-corrected chi connectivity index (χ1v) is 18.1. The van der Waals surface area contributed by atoms with Crippen LogP contribution in [-0.2, 0) is 0 Å². The van der Waals surface area contributed by atoms with Crippen molar-refractivity contribution in [3.63, 3.8) is 0 Å². The minimum Gasteiger partial charge on any atom is -0.309 e. The summed E-state index contributed by atoms with van der Waals surface area (Å²) >= 11 is 1.87. The van der Waals surface area contributed by atoms with Crippen molar-refractivity contribution in [1.29, 1.82) is 0 Å². The third kappa shape index (κ3) is 4.33. The van der Waals surface area contributed by atoms with Crippen LogP contribution in [-0.4, -0.2) is 14.1 Å². The predicted octanol–water partition coefficient (Wildman–Crippen LogP) is 13.0. The molecule has 0 unspecified atom stereocenters. The van der Waals surface area contributed by atoms with E-state index in [1.165, 1.54) is 75.3 Å². The highest BCUT2D eigenvalue weighted by molar-refractivity contribution is 7.25. The summed E-state index contributed by atoms with van der Waals surface area (Å²) in [6, 6.07) is 61.7. The summed E-state index contributed by atoms with van der Waals surface area (Å²) in [5, 5.41) is 7.51. The second-order valence-corrected chi connectivity index (χ2v) is 14.3. The molecule has 0 radical (unpaired) electrons. The van der Waals surface area contributed by atoms with Crippen molar-refractivity contribution in [2.75, 3.05) is 0 Å². The molecule has 0 bridgehead atoms. The van der Waals surface area contributed by atoms with Gasteiger partial charge in [0.2, 0.25) is 0 Å². The minimum atomic E-state index is 0.978. The number of aromatic nitrogens is 3. The van der Waals surface area contributed by atoms with Crippen LogP contribution < -0.4 is 0 Å². The number of hydrogen-bond donors (Lipinski definition) is 0. The molecule has 11 rings (SSSR count). The summed E-state index contributed by atoms with van der Waals surface area (Å²) in [6.45, 7) is 0. The standard InChI is InChI=1S/C47H29N3S/c1-3-10-30(11-4-1)31-18-23-43-40(26-31)36-14-7-8-16-42(36)49(43)35-20-22-38-37-21-17-33(28-45(37)51-46(38)29-35)32-19-24-44-41(27-32)39-15-9-25-48-47(39)50(44)34-12-5-2-6-13-34/h1-29H. The third-order valence-electron chi connectivity index (χ3n) is 10.4. The Kier molecular flexibility index (Phi) is 6.12. The highest BCUT2D eigenvalue weighted by atomic mass is 32.1. The molecule has 11 aromatic rings. The molecule has 3 nitrogen and oxygen atoms in total.